The van der Waals surface area contributed by atoms with Gasteiger partial charge in [-0.15, -0.1) is 5.10 Å². The van der Waals surface area contributed by atoms with Gasteiger partial charge in [0.25, 0.3) is 0 Å². The molecule has 1 heterocycles. The zero-order valence-corrected chi connectivity index (χ0v) is 16.2. The Morgan fingerprint density at radius 1 is 1.08 bits per heavy atom. The molecule has 0 aliphatic heterocycles. The van der Waals surface area contributed by atoms with Crippen molar-refractivity contribution in [3.63, 3.8) is 0 Å². The number of nitrogens with zero attached hydrogens (tertiary/aromatic N) is 4. The highest BCUT2D eigenvalue weighted by atomic mass is 79.9. The van der Waals surface area contributed by atoms with Crippen LogP contribution >= 0.6 is 15.9 Å². The zero-order valence-electron chi connectivity index (χ0n) is 14.6. The summed E-state index contributed by atoms with van der Waals surface area (Å²) in [5.74, 6) is 0. The van der Waals surface area contributed by atoms with Crippen molar-refractivity contribution in [3.05, 3.63) is 52.5 Å². The summed E-state index contributed by atoms with van der Waals surface area (Å²) in [6.07, 6.45) is 0. The van der Waals surface area contributed by atoms with Gasteiger partial charge in [-0.2, -0.15) is 0 Å². The molecule has 0 unspecified atom stereocenters. The summed E-state index contributed by atoms with van der Waals surface area (Å²) in [6.45, 7) is 8.31. The molecule has 0 saturated carbocycles. The highest BCUT2D eigenvalue weighted by molar-refractivity contribution is 9.10. The molecule has 0 aliphatic carbocycles. The molecule has 0 radical (unpaired) electrons. The lowest BCUT2D eigenvalue weighted by Crippen LogP contribution is -2.17. The average Bonchev–Trinajstić information content (AvgIpc) is 2.90. The fraction of sp³-hybridized carbons (Fsp3) is 0.368. The van der Waals surface area contributed by atoms with Crippen LogP contribution in [0, 0.1) is 5.41 Å². The van der Waals surface area contributed by atoms with E-state index in [1.807, 2.05) is 10.7 Å². The fourth-order valence-corrected chi connectivity index (χ4v) is 3.51. The minimum Gasteiger partial charge on any atom is -0.369 e. The van der Waals surface area contributed by atoms with Gasteiger partial charge in [-0.1, -0.05) is 56.3 Å². The van der Waals surface area contributed by atoms with Crippen LogP contribution in [0.2, 0.25) is 0 Å². The maximum Gasteiger partial charge on any atom is 0.129 e. The first-order valence-electron chi connectivity index (χ1n) is 8.12. The molecule has 4 nitrogen and oxygen atoms in total. The summed E-state index contributed by atoms with van der Waals surface area (Å²) >= 11 is 3.73. The predicted octanol–water partition coefficient (Wildman–Crippen LogP) is 4.88. The maximum atomic E-state index is 4.39. The van der Waals surface area contributed by atoms with E-state index in [9.17, 15) is 0 Å². The summed E-state index contributed by atoms with van der Waals surface area (Å²) in [7, 11) is 2.10. The lowest BCUT2D eigenvalue weighted by molar-refractivity contribution is 0.327. The van der Waals surface area contributed by atoms with E-state index in [0.29, 0.717) is 0 Å². The Labute approximate surface area is 151 Å². The van der Waals surface area contributed by atoms with Crippen molar-refractivity contribution in [1.29, 1.82) is 0 Å². The summed E-state index contributed by atoms with van der Waals surface area (Å²) in [5.41, 5.74) is 4.54. The highest BCUT2D eigenvalue weighted by Gasteiger charge is 2.18. The number of aromatic nitrogens is 3. The number of rotatable bonds is 4. The monoisotopic (exact) mass is 386 g/mol. The zero-order chi connectivity index (χ0) is 17.3. The van der Waals surface area contributed by atoms with E-state index in [1.165, 1.54) is 5.56 Å². The lowest BCUT2D eigenvalue weighted by atomic mass is 9.97. The second-order valence-electron chi connectivity index (χ2n) is 7.42. The first kappa shape index (κ1) is 17.0. The van der Waals surface area contributed by atoms with Gasteiger partial charge in [0, 0.05) is 20.1 Å². The molecular formula is C19H23BrN4. The molecule has 3 rings (SSSR count). The predicted molar refractivity (Wildman–Crippen MR) is 103 cm³/mol. The van der Waals surface area contributed by atoms with Crippen LogP contribution in [-0.4, -0.2) is 22.0 Å². The molecule has 0 aliphatic rings. The molecule has 5 heteroatoms. The molecule has 126 valence electrons. The molecule has 2 aromatic carbocycles. The SMILES string of the molecule is CN(Cc1ccccc1)c1ccc2c(nnn2CC(C)(C)C)c1Br. The Hall–Kier alpha value is -1.88. The Morgan fingerprint density at radius 3 is 2.46 bits per heavy atom. The van der Waals surface area contributed by atoms with Gasteiger partial charge in [-0.25, -0.2) is 4.68 Å². The van der Waals surface area contributed by atoms with Crippen LogP contribution in [0.15, 0.2) is 46.9 Å². The number of fused-ring (bicyclic) bond motifs is 1. The first-order valence-corrected chi connectivity index (χ1v) is 8.91. The van der Waals surface area contributed by atoms with Crippen LogP contribution in [0.5, 0.6) is 0 Å². The van der Waals surface area contributed by atoms with Crippen molar-refractivity contribution < 1.29 is 0 Å². The van der Waals surface area contributed by atoms with Gasteiger partial charge in [0.2, 0.25) is 0 Å². The van der Waals surface area contributed by atoms with Crippen molar-refractivity contribution in [2.45, 2.75) is 33.9 Å². The van der Waals surface area contributed by atoms with Crippen molar-refractivity contribution in [2.75, 3.05) is 11.9 Å². The van der Waals surface area contributed by atoms with E-state index in [-0.39, 0.29) is 5.41 Å². The molecule has 0 atom stereocenters. The second kappa shape index (κ2) is 6.55. The fourth-order valence-electron chi connectivity index (χ4n) is 2.80. The van der Waals surface area contributed by atoms with Gasteiger partial charge >= 0.3 is 0 Å². The molecule has 1 aromatic heterocycles. The van der Waals surface area contributed by atoms with Crippen molar-refractivity contribution in [3.8, 4) is 0 Å². The van der Waals surface area contributed by atoms with E-state index in [0.717, 1.165) is 34.3 Å². The van der Waals surface area contributed by atoms with Gasteiger partial charge < -0.3 is 4.90 Å². The summed E-state index contributed by atoms with van der Waals surface area (Å²) < 4.78 is 2.99. The molecular weight excluding hydrogens is 364 g/mol. The van der Waals surface area contributed by atoms with Gasteiger partial charge in [-0.3, -0.25) is 0 Å². The van der Waals surface area contributed by atoms with E-state index in [2.05, 4.69) is 95.4 Å². The molecule has 3 aromatic rings. The summed E-state index contributed by atoms with van der Waals surface area (Å²) in [5, 5.41) is 8.74. The van der Waals surface area contributed by atoms with Crippen LogP contribution in [0.1, 0.15) is 26.3 Å². The third-order valence-electron chi connectivity index (χ3n) is 3.90. The van der Waals surface area contributed by atoms with Gasteiger partial charge in [0.15, 0.2) is 0 Å². The average molecular weight is 387 g/mol. The number of benzene rings is 2. The number of hydrogen-bond donors (Lipinski definition) is 0. The normalized spacial score (nSPS) is 11.9. The molecule has 0 amide bonds. The number of anilines is 1. The van der Waals surface area contributed by atoms with Crippen LogP contribution in [0.25, 0.3) is 11.0 Å². The molecule has 24 heavy (non-hydrogen) atoms. The summed E-state index contributed by atoms with van der Waals surface area (Å²) in [4.78, 5) is 2.22. The lowest BCUT2D eigenvalue weighted by Gasteiger charge is -2.21. The molecule has 0 saturated heterocycles. The van der Waals surface area contributed by atoms with Gasteiger partial charge in [0.1, 0.15) is 5.52 Å². The van der Waals surface area contributed by atoms with Crippen molar-refractivity contribution in [1.82, 2.24) is 15.0 Å². The Bertz CT molecular complexity index is 834. The first-order chi connectivity index (χ1) is 11.3. The minimum absolute atomic E-state index is 0.163. The largest absolute Gasteiger partial charge is 0.369 e. The third-order valence-corrected chi connectivity index (χ3v) is 4.68. The Balaban J connectivity index is 1.92. The van der Waals surface area contributed by atoms with Gasteiger partial charge in [-0.05, 0) is 39.0 Å². The van der Waals surface area contributed by atoms with E-state index < -0.39 is 0 Å². The van der Waals surface area contributed by atoms with E-state index in [4.69, 9.17) is 0 Å². The van der Waals surface area contributed by atoms with E-state index >= 15 is 0 Å². The highest BCUT2D eigenvalue weighted by Crippen LogP contribution is 2.33. The Kier molecular flexibility index (Phi) is 4.63. The Morgan fingerprint density at radius 2 is 1.79 bits per heavy atom. The molecule has 0 fully saturated rings. The second-order valence-corrected chi connectivity index (χ2v) is 8.21. The molecule has 0 N–H and O–H groups in total. The van der Waals surface area contributed by atoms with E-state index in [1.54, 1.807) is 0 Å². The third kappa shape index (κ3) is 3.61. The standard InChI is InChI=1S/C19H23BrN4/c1-19(2,3)13-24-16-11-10-15(17(20)18(16)21-22-24)23(4)12-14-8-6-5-7-9-14/h5-11H,12-13H2,1-4H3. The van der Waals surface area contributed by atoms with Crippen LogP contribution in [0.3, 0.4) is 0 Å². The minimum atomic E-state index is 0.163. The molecule has 0 bridgehead atoms. The smallest absolute Gasteiger partial charge is 0.129 e. The van der Waals surface area contributed by atoms with Crippen LogP contribution in [-0.2, 0) is 13.1 Å². The van der Waals surface area contributed by atoms with Crippen molar-refractivity contribution >= 4 is 32.7 Å². The summed E-state index contributed by atoms with van der Waals surface area (Å²) in [6, 6.07) is 14.7. The number of hydrogen-bond acceptors (Lipinski definition) is 3. The van der Waals surface area contributed by atoms with Gasteiger partial charge in [0.05, 0.1) is 15.7 Å². The number of halogens is 1. The van der Waals surface area contributed by atoms with Crippen LogP contribution < -0.4 is 4.90 Å². The quantitative estimate of drug-likeness (QED) is 0.640. The topological polar surface area (TPSA) is 34.0 Å². The maximum absolute atomic E-state index is 4.39. The van der Waals surface area contributed by atoms with Crippen molar-refractivity contribution in [2.24, 2.45) is 5.41 Å². The van der Waals surface area contributed by atoms with Crippen LogP contribution in [0.4, 0.5) is 5.69 Å². The molecule has 0 spiro atoms.